The third-order valence-corrected chi connectivity index (χ3v) is 4.61. The molecule has 2 aromatic rings. The predicted octanol–water partition coefficient (Wildman–Crippen LogP) is 2.34. The number of esters is 1. The van der Waals surface area contributed by atoms with Crippen LogP contribution in [0.15, 0.2) is 18.6 Å². The number of methoxy groups -OCH3 is 2. The van der Waals surface area contributed by atoms with E-state index in [1.165, 1.54) is 7.11 Å². The highest BCUT2D eigenvalue weighted by Gasteiger charge is 2.25. The highest BCUT2D eigenvalue weighted by atomic mass is 16.5. The minimum Gasteiger partial charge on any atom is -0.464 e. The number of rotatable bonds is 4. The van der Waals surface area contributed by atoms with Gasteiger partial charge in [0.2, 0.25) is 0 Å². The van der Waals surface area contributed by atoms with Gasteiger partial charge in [0.1, 0.15) is 5.69 Å². The number of aryl methyl sites for hydroxylation is 1. The lowest BCUT2D eigenvalue weighted by Gasteiger charge is -2.27. The normalized spacial score (nSPS) is 20.8. The molecule has 1 saturated carbocycles. The van der Waals surface area contributed by atoms with Crippen molar-refractivity contribution in [2.24, 2.45) is 7.05 Å². The quantitative estimate of drug-likeness (QED) is 0.801. The summed E-state index contributed by atoms with van der Waals surface area (Å²) in [5, 5.41) is 0. The maximum Gasteiger partial charge on any atom is 0.356 e. The predicted molar refractivity (Wildman–Crippen MR) is 87.6 cm³/mol. The van der Waals surface area contributed by atoms with Gasteiger partial charge in [0.05, 0.1) is 25.7 Å². The van der Waals surface area contributed by atoms with Gasteiger partial charge in [0.15, 0.2) is 11.5 Å². The number of imidazole rings is 1. The lowest BCUT2D eigenvalue weighted by molar-refractivity contribution is 0.0591. The second-order valence-corrected chi connectivity index (χ2v) is 6.09. The van der Waals surface area contributed by atoms with Crippen LogP contribution in [0.3, 0.4) is 0 Å². The zero-order chi connectivity index (χ0) is 17.1. The first-order valence-corrected chi connectivity index (χ1v) is 8.09. The Hall–Kier alpha value is -2.28. The largest absolute Gasteiger partial charge is 0.464 e. The maximum absolute atomic E-state index is 12.0. The fraction of sp³-hybridized carbons (Fsp3) is 0.529. The minimum absolute atomic E-state index is 0.285. The summed E-state index contributed by atoms with van der Waals surface area (Å²) in [6.07, 6.45) is 7.68. The molecule has 7 nitrogen and oxygen atoms in total. The van der Waals surface area contributed by atoms with Crippen molar-refractivity contribution in [1.29, 1.82) is 0 Å². The van der Waals surface area contributed by atoms with Crippen LogP contribution in [0, 0.1) is 0 Å². The van der Waals surface area contributed by atoms with Gasteiger partial charge in [0.25, 0.3) is 0 Å². The first-order chi connectivity index (χ1) is 11.6. The third kappa shape index (κ3) is 3.31. The molecule has 0 atom stereocenters. The van der Waals surface area contributed by atoms with E-state index in [0.29, 0.717) is 17.8 Å². The van der Waals surface area contributed by atoms with Crippen LogP contribution in [-0.2, 0) is 16.5 Å². The third-order valence-electron chi connectivity index (χ3n) is 4.61. The molecule has 1 fully saturated rings. The van der Waals surface area contributed by atoms with Gasteiger partial charge in [-0.3, -0.25) is 0 Å². The zero-order valence-corrected chi connectivity index (χ0v) is 14.2. The van der Waals surface area contributed by atoms with E-state index >= 15 is 0 Å². The molecule has 0 bridgehead atoms. The molecule has 1 aliphatic rings. The van der Waals surface area contributed by atoms with Gasteiger partial charge >= 0.3 is 5.97 Å². The van der Waals surface area contributed by atoms with E-state index in [0.717, 1.165) is 37.1 Å². The van der Waals surface area contributed by atoms with E-state index in [2.05, 4.69) is 9.97 Å². The van der Waals surface area contributed by atoms with Gasteiger partial charge in [-0.25, -0.2) is 19.7 Å². The number of nitrogens with zero attached hydrogens (tertiary/aromatic N) is 4. The number of hydrogen-bond acceptors (Lipinski definition) is 6. The maximum atomic E-state index is 12.0. The second-order valence-electron chi connectivity index (χ2n) is 6.09. The summed E-state index contributed by atoms with van der Waals surface area (Å²) in [5.74, 6) is 0.351. The van der Waals surface area contributed by atoms with Crippen molar-refractivity contribution < 1.29 is 14.3 Å². The Morgan fingerprint density at radius 3 is 2.54 bits per heavy atom. The molecule has 0 radical (unpaired) electrons. The Balaban J connectivity index is 1.96. The van der Waals surface area contributed by atoms with Crippen molar-refractivity contribution in [3.05, 3.63) is 30.0 Å². The van der Waals surface area contributed by atoms with Gasteiger partial charge in [-0.15, -0.1) is 0 Å². The number of hydrogen-bond donors (Lipinski definition) is 0. The average Bonchev–Trinajstić information content (AvgIpc) is 3.06. The molecule has 0 aliphatic heterocycles. The Morgan fingerprint density at radius 2 is 1.96 bits per heavy atom. The Kier molecular flexibility index (Phi) is 4.89. The molecular weight excluding hydrogens is 308 g/mol. The number of carbonyl (C=O) groups excluding carboxylic acids is 1. The lowest BCUT2D eigenvalue weighted by Crippen LogP contribution is -2.20. The summed E-state index contributed by atoms with van der Waals surface area (Å²) in [6, 6.07) is 1.75. The van der Waals surface area contributed by atoms with Gasteiger partial charge < -0.3 is 14.0 Å². The van der Waals surface area contributed by atoms with Crippen LogP contribution in [0.4, 0.5) is 0 Å². The Morgan fingerprint density at radius 1 is 1.21 bits per heavy atom. The smallest absolute Gasteiger partial charge is 0.356 e. The average molecular weight is 330 g/mol. The van der Waals surface area contributed by atoms with Crippen molar-refractivity contribution in [3.63, 3.8) is 0 Å². The molecule has 2 aromatic heterocycles. The minimum atomic E-state index is -0.451. The molecular formula is C17H22N4O3. The molecule has 1 aliphatic carbocycles. The molecule has 128 valence electrons. The van der Waals surface area contributed by atoms with E-state index in [4.69, 9.17) is 14.5 Å². The molecule has 24 heavy (non-hydrogen) atoms. The van der Waals surface area contributed by atoms with Crippen LogP contribution in [0.1, 0.15) is 47.8 Å². The van der Waals surface area contributed by atoms with Gasteiger partial charge in [-0.2, -0.15) is 0 Å². The van der Waals surface area contributed by atoms with Crippen molar-refractivity contribution in [2.45, 2.75) is 37.7 Å². The van der Waals surface area contributed by atoms with Gasteiger partial charge in [0, 0.05) is 25.8 Å². The van der Waals surface area contributed by atoms with E-state index in [-0.39, 0.29) is 5.69 Å². The standard InChI is InChI=1S/C17H22N4O3/c1-21-10-18-9-15(21)16-19-13(8-14(20-16)17(22)24-3)11-4-6-12(23-2)7-5-11/h8-12H,4-7H2,1-3H3. The van der Waals surface area contributed by atoms with Crippen molar-refractivity contribution in [1.82, 2.24) is 19.5 Å². The SMILES string of the molecule is COC(=O)c1cc(C2CCC(OC)CC2)nc(-c2cncn2C)n1. The highest BCUT2D eigenvalue weighted by Crippen LogP contribution is 2.34. The van der Waals surface area contributed by atoms with Crippen LogP contribution in [0.5, 0.6) is 0 Å². The summed E-state index contributed by atoms with van der Waals surface area (Å²) in [7, 11) is 4.99. The number of carbonyl (C=O) groups is 1. The molecule has 0 aromatic carbocycles. The lowest BCUT2D eigenvalue weighted by atomic mass is 9.85. The van der Waals surface area contributed by atoms with Crippen LogP contribution in [0.2, 0.25) is 0 Å². The van der Waals surface area contributed by atoms with E-state index in [1.54, 1.807) is 25.7 Å². The monoisotopic (exact) mass is 330 g/mol. The molecule has 3 rings (SSSR count). The fourth-order valence-corrected chi connectivity index (χ4v) is 3.17. The van der Waals surface area contributed by atoms with Gasteiger partial charge in [-0.1, -0.05) is 0 Å². The van der Waals surface area contributed by atoms with Gasteiger partial charge in [-0.05, 0) is 31.7 Å². The molecule has 0 saturated heterocycles. The fourth-order valence-electron chi connectivity index (χ4n) is 3.17. The Bertz CT molecular complexity index is 720. The molecule has 0 amide bonds. The number of ether oxygens (including phenoxy) is 2. The molecule has 0 N–H and O–H groups in total. The summed E-state index contributed by atoms with van der Waals surface area (Å²) in [4.78, 5) is 25.2. The first-order valence-electron chi connectivity index (χ1n) is 8.09. The summed E-state index contributed by atoms with van der Waals surface area (Å²) in [6.45, 7) is 0. The summed E-state index contributed by atoms with van der Waals surface area (Å²) < 4.78 is 12.1. The molecule has 2 heterocycles. The highest BCUT2D eigenvalue weighted by molar-refractivity contribution is 5.87. The van der Waals surface area contributed by atoms with Crippen LogP contribution >= 0.6 is 0 Å². The van der Waals surface area contributed by atoms with Crippen molar-refractivity contribution in [3.8, 4) is 11.5 Å². The summed E-state index contributed by atoms with van der Waals surface area (Å²) >= 11 is 0. The Labute approximate surface area is 141 Å². The zero-order valence-electron chi connectivity index (χ0n) is 14.2. The first kappa shape index (κ1) is 16.6. The number of aromatic nitrogens is 4. The van der Waals surface area contributed by atoms with Crippen LogP contribution in [-0.4, -0.2) is 45.8 Å². The second kappa shape index (κ2) is 7.09. The molecule has 0 spiro atoms. The van der Waals surface area contributed by atoms with E-state index in [1.807, 2.05) is 11.6 Å². The van der Waals surface area contributed by atoms with Crippen molar-refractivity contribution in [2.75, 3.05) is 14.2 Å². The summed E-state index contributed by atoms with van der Waals surface area (Å²) in [5.41, 5.74) is 1.94. The van der Waals surface area contributed by atoms with Crippen LogP contribution in [0.25, 0.3) is 11.5 Å². The van der Waals surface area contributed by atoms with Crippen molar-refractivity contribution >= 4 is 5.97 Å². The van der Waals surface area contributed by atoms with Crippen LogP contribution < -0.4 is 0 Å². The topological polar surface area (TPSA) is 79.1 Å². The van der Waals surface area contributed by atoms with E-state index < -0.39 is 5.97 Å². The molecule has 0 unspecified atom stereocenters. The van der Waals surface area contributed by atoms with E-state index in [9.17, 15) is 4.79 Å². The molecule has 7 heteroatoms.